The molecule has 0 bridgehead atoms. The third-order valence-electron chi connectivity index (χ3n) is 3.95. The molecule has 0 unspecified atom stereocenters. The van der Waals surface area contributed by atoms with Crippen molar-refractivity contribution >= 4 is 11.4 Å². The van der Waals surface area contributed by atoms with E-state index in [0.29, 0.717) is 11.4 Å². The number of rotatable bonds is 4. The lowest BCUT2D eigenvalue weighted by molar-refractivity contribution is 0.150. The second kappa shape index (κ2) is 7.30. The lowest BCUT2D eigenvalue weighted by atomic mass is 9.95. The van der Waals surface area contributed by atoms with Crippen LogP contribution in [0, 0.1) is 6.92 Å². The van der Waals surface area contributed by atoms with Crippen LogP contribution in [0.4, 0.5) is 14.5 Å². The van der Waals surface area contributed by atoms with Crippen molar-refractivity contribution in [2.45, 2.75) is 26.2 Å². The van der Waals surface area contributed by atoms with E-state index < -0.39 is 6.43 Å². The Labute approximate surface area is 140 Å². The molecule has 0 aliphatic heterocycles. The molecule has 2 aromatic rings. The van der Waals surface area contributed by atoms with Crippen molar-refractivity contribution in [3.63, 3.8) is 0 Å². The summed E-state index contributed by atoms with van der Waals surface area (Å²) in [5.41, 5.74) is 3.60. The van der Waals surface area contributed by atoms with Crippen molar-refractivity contribution < 1.29 is 8.78 Å². The molecule has 0 spiro atoms. The van der Waals surface area contributed by atoms with Gasteiger partial charge in [0.25, 0.3) is 6.43 Å². The van der Waals surface area contributed by atoms with Crippen LogP contribution in [0.25, 0.3) is 0 Å². The maximum atomic E-state index is 13.1. The average Bonchev–Trinajstić information content (AvgIpc) is 2.62. The van der Waals surface area contributed by atoms with Crippen LogP contribution in [0.5, 0.6) is 0 Å². The molecule has 0 atom stereocenters. The third kappa shape index (κ3) is 3.65. The first-order chi connectivity index (χ1) is 11.6. The summed E-state index contributed by atoms with van der Waals surface area (Å²) in [6.07, 6.45) is 6.97. The minimum absolute atomic E-state index is 0.0684. The fourth-order valence-electron chi connectivity index (χ4n) is 2.67. The molecule has 3 rings (SSSR count). The van der Waals surface area contributed by atoms with E-state index in [0.717, 1.165) is 29.7 Å². The number of halogens is 2. The fourth-order valence-corrected chi connectivity index (χ4v) is 2.67. The highest BCUT2D eigenvalue weighted by Crippen LogP contribution is 2.27. The summed E-state index contributed by atoms with van der Waals surface area (Å²) in [7, 11) is 0. The first kappa shape index (κ1) is 16.2. The standard InChI is InChI=1S/C20H18F2N2/c1-14-18(20(21)22)12-17(13-23-14)24-19(15-8-4-2-5-9-15)16-10-6-3-7-11-16/h2-6,8-10,12-13,20H,7,11H2,1H3. The number of hydrogen-bond donors (Lipinski definition) is 0. The van der Waals surface area contributed by atoms with Crippen LogP contribution in [0.2, 0.25) is 0 Å². The molecule has 1 aliphatic carbocycles. The highest BCUT2D eigenvalue weighted by molar-refractivity contribution is 6.13. The number of benzene rings is 1. The molecule has 4 heteroatoms. The lowest BCUT2D eigenvalue weighted by Gasteiger charge is -2.13. The van der Waals surface area contributed by atoms with Gasteiger partial charge in [-0.3, -0.25) is 4.98 Å². The summed E-state index contributed by atoms with van der Waals surface area (Å²) in [6.45, 7) is 1.58. The van der Waals surface area contributed by atoms with Crippen LogP contribution < -0.4 is 0 Å². The largest absolute Gasteiger partial charge is 0.265 e. The van der Waals surface area contributed by atoms with E-state index in [-0.39, 0.29) is 5.56 Å². The van der Waals surface area contributed by atoms with E-state index in [2.05, 4.69) is 16.1 Å². The number of hydrogen-bond acceptors (Lipinski definition) is 2. The van der Waals surface area contributed by atoms with Gasteiger partial charge in [-0.05, 0) is 31.4 Å². The molecule has 0 fully saturated rings. The van der Waals surface area contributed by atoms with Crippen molar-refractivity contribution in [3.05, 3.63) is 83.2 Å². The minimum atomic E-state index is -2.55. The maximum absolute atomic E-state index is 13.1. The Kier molecular flexibility index (Phi) is 4.94. The molecule has 1 heterocycles. The summed E-state index contributed by atoms with van der Waals surface area (Å²) in [6, 6.07) is 11.2. The molecule has 2 nitrogen and oxygen atoms in total. The van der Waals surface area contributed by atoms with Gasteiger partial charge in [0.2, 0.25) is 0 Å². The van der Waals surface area contributed by atoms with Crippen molar-refractivity contribution in [1.29, 1.82) is 0 Å². The Morgan fingerprint density at radius 2 is 2.00 bits per heavy atom. The molecular formula is C20H18F2N2. The second-order valence-electron chi connectivity index (χ2n) is 5.65. The van der Waals surface area contributed by atoms with Crippen LogP contribution in [0.15, 0.2) is 71.4 Å². The van der Waals surface area contributed by atoms with Gasteiger partial charge in [-0.2, -0.15) is 0 Å². The Morgan fingerprint density at radius 1 is 1.21 bits per heavy atom. The molecule has 1 aromatic heterocycles. The van der Waals surface area contributed by atoms with Gasteiger partial charge in [-0.25, -0.2) is 13.8 Å². The zero-order valence-electron chi connectivity index (χ0n) is 13.4. The number of pyridine rings is 1. The highest BCUT2D eigenvalue weighted by Gasteiger charge is 2.14. The van der Waals surface area contributed by atoms with Gasteiger partial charge in [0, 0.05) is 16.8 Å². The Hall–Kier alpha value is -2.62. The van der Waals surface area contributed by atoms with Gasteiger partial charge >= 0.3 is 0 Å². The van der Waals surface area contributed by atoms with E-state index in [1.807, 2.05) is 42.5 Å². The van der Waals surface area contributed by atoms with Crippen LogP contribution in [0.1, 0.15) is 36.1 Å². The van der Waals surface area contributed by atoms with Gasteiger partial charge in [-0.15, -0.1) is 0 Å². The Bertz CT molecular complexity index is 806. The molecule has 0 saturated carbocycles. The van der Waals surface area contributed by atoms with E-state index in [9.17, 15) is 8.78 Å². The van der Waals surface area contributed by atoms with Gasteiger partial charge < -0.3 is 0 Å². The smallest absolute Gasteiger partial charge is 0.259 e. The van der Waals surface area contributed by atoms with E-state index in [1.54, 1.807) is 13.1 Å². The van der Waals surface area contributed by atoms with Gasteiger partial charge in [0.15, 0.2) is 0 Å². The van der Waals surface area contributed by atoms with Crippen LogP contribution in [-0.4, -0.2) is 10.7 Å². The quantitative estimate of drug-likeness (QED) is 0.660. The number of aryl methyl sites for hydroxylation is 1. The van der Waals surface area contributed by atoms with Gasteiger partial charge in [-0.1, -0.05) is 48.6 Å². The predicted octanol–water partition coefficient (Wildman–Crippen LogP) is 5.72. The minimum Gasteiger partial charge on any atom is -0.259 e. The van der Waals surface area contributed by atoms with Crippen LogP contribution in [0.3, 0.4) is 0 Å². The zero-order chi connectivity index (χ0) is 16.9. The van der Waals surface area contributed by atoms with E-state index in [4.69, 9.17) is 0 Å². The number of aromatic nitrogens is 1. The maximum Gasteiger partial charge on any atom is 0.265 e. The molecule has 24 heavy (non-hydrogen) atoms. The first-order valence-electron chi connectivity index (χ1n) is 7.90. The summed E-state index contributed by atoms with van der Waals surface area (Å²) < 4.78 is 26.2. The normalized spacial score (nSPS) is 14.8. The second-order valence-corrected chi connectivity index (χ2v) is 5.65. The van der Waals surface area contributed by atoms with Crippen molar-refractivity contribution in [2.24, 2.45) is 4.99 Å². The average molecular weight is 324 g/mol. The van der Waals surface area contributed by atoms with Crippen molar-refractivity contribution in [2.75, 3.05) is 0 Å². The molecule has 1 aliphatic rings. The van der Waals surface area contributed by atoms with Gasteiger partial charge in [0.1, 0.15) is 0 Å². The number of nitrogens with zero attached hydrogens (tertiary/aromatic N) is 2. The molecule has 0 radical (unpaired) electrons. The topological polar surface area (TPSA) is 25.2 Å². The first-order valence-corrected chi connectivity index (χ1v) is 7.90. The fraction of sp³-hybridized carbons (Fsp3) is 0.200. The number of aliphatic imine (C=N–C) groups is 1. The van der Waals surface area contributed by atoms with Crippen LogP contribution in [-0.2, 0) is 0 Å². The number of allylic oxidation sites excluding steroid dienone is 4. The van der Waals surface area contributed by atoms with Crippen molar-refractivity contribution in [3.8, 4) is 0 Å². The summed E-state index contributed by atoms with van der Waals surface area (Å²) >= 11 is 0. The summed E-state index contributed by atoms with van der Waals surface area (Å²) in [5.74, 6) is 0. The molecular weight excluding hydrogens is 306 g/mol. The molecule has 0 amide bonds. The summed E-state index contributed by atoms with van der Waals surface area (Å²) in [4.78, 5) is 8.73. The highest BCUT2D eigenvalue weighted by atomic mass is 19.3. The Balaban J connectivity index is 2.09. The molecule has 0 N–H and O–H groups in total. The van der Waals surface area contributed by atoms with Gasteiger partial charge in [0.05, 0.1) is 17.6 Å². The Morgan fingerprint density at radius 3 is 2.67 bits per heavy atom. The van der Waals surface area contributed by atoms with E-state index >= 15 is 0 Å². The zero-order valence-corrected chi connectivity index (χ0v) is 13.4. The number of alkyl halides is 2. The van der Waals surface area contributed by atoms with Crippen molar-refractivity contribution in [1.82, 2.24) is 4.98 Å². The van der Waals surface area contributed by atoms with E-state index in [1.165, 1.54) is 6.07 Å². The molecule has 1 aromatic carbocycles. The predicted molar refractivity (Wildman–Crippen MR) is 93.0 cm³/mol. The summed E-state index contributed by atoms with van der Waals surface area (Å²) in [5, 5.41) is 0. The molecule has 0 saturated heterocycles. The monoisotopic (exact) mass is 324 g/mol. The third-order valence-corrected chi connectivity index (χ3v) is 3.95. The SMILES string of the molecule is Cc1ncc(N=C(C2=CC=CCC2)c2ccccc2)cc1C(F)F. The molecule has 122 valence electrons. The lowest BCUT2D eigenvalue weighted by Crippen LogP contribution is -2.06. The van der Waals surface area contributed by atoms with Crippen LogP contribution >= 0.6 is 0 Å².